The van der Waals surface area contributed by atoms with Crippen LogP contribution in [-0.2, 0) is 17.8 Å². The first kappa shape index (κ1) is 19.9. The number of Topliss-reactive ketones (excluding diaryl/α,β-unsaturated/α-hetero) is 1. The van der Waals surface area contributed by atoms with Crippen molar-refractivity contribution in [2.24, 2.45) is 0 Å². The topological polar surface area (TPSA) is 57.6 Å². The number of fused-ring (bicyclic) bond motifs is 1. The molecule has 0 radical (unpaired) electrons. The molecular weight excluding hydrogens is 374 g/mol. The van der Waals surface area contributed by atoms with Crippen molar-refractivity contribution in [1.29, 1.82) is 0 Å². The van der Waals surface area contributed by atoms with Crippen LogP contribution in [0.1, 0.15) is 46.8 Å². The minimum Gasteiger partial charge on any atom is -0.481 e. The first-order valence-electron chi connectivity index (χ1n) is 10.3. The SMILES string of the molecule is CCc1ccc(-c2cc(C(C)C(=O)O)ccc2N2CC(=O)c3ccccc3C2)cc1. The predicted octanol–water partition coefficient (Wildman–Crippen LogP) is 5.31. The fourth-order valence-corrected chi connectivity index (χ4v) is 4.01. The van der Waals surface area contributed by atoms with E-state index in [0.717, 1.165) is 39.9 Å². The number of benzene rings is 3. The van der Waals surface area contributed by atoms with Crippen molar-refractivity contribution in [2.75, 3.05) is 11.4 Å². The summed E-state index contributed by atoms with van der Waals surface area (Å²) in [6.07, 6.45) is 0.959. The van der Waals surface area contributed by atoms with E-state index in [1.807, 2.05) is 42.5 Å². The lowest BCUT2D eigenvalue weighted by Gasteiger charge is -2.32. The van der Waals surface area contributed by atoms with Crippen molar-refractivity contribution in [3.05, 3.63) is 89.0 Å². The summed E-state index contributed by atoms with van der Waals surface area (Å²) in [7, 11) is 0. The van der Waals surface area contributed by atoms with Crippen LogP contribution in [0, 0.1) is 0 Å². The number of carboxylic acid groups (broad SMARTS) is 1. The lowest BCUT2D eigenvalue weighted by molar-refractivity contribution is -0.138. The molecular formula is C26H25NO3. The van der Waals surface area contributed by atoms with Crippen LogP contribution in [0.15, 0.2) is 66.7 Å². The number of carbonyl (C=O) groups excluding carboxylic acids is 1. The van der Waals surface area contributed by atoms with E-state index in [1.54, 1.807) is 6.92 Å². The smallest absolute Gasteiger partial charge is 0.310 e. The zero-order valence-corrected chi connectivity index (χ0v) is 17.3. The summed E-state index contributed by atoms with van der Waals surface area (Å²) in [4.78, 5) is 26.4. The first-order chi connectivity index (χ1) is 14.5. The molecule has 1 atom stereocenters. The highest BCUT2D eigenvalue weighted by molar-refractivity contribution is 6.02. The standard InChI is InChI=1S/C26H25NO3/c1-3-18-8-10-19(11-9-18)23-14-20(17(2)26(29)30)12-13-24(23)27-15-21-6-4-5-7-22(21)25(28)16-27/h4-14,17H,3,15-16H2,1-2H3,(H,29,30). The Morgan fingerprint density at radius 2 is 1.73 bits per heavy atom. The normalized spacial score (nSPS) is 14.3. The summed E-state index contributed by atoms with van der Waals surface area (Å²) in [5.74, 6) is -1.35. The van der Waals surface area contributed by atoms with Gasteiger partial charge in [0.2, 0.25) is 0 Å². The summed E-state index contributed by atoms with van der Waals surface area (Å²) < 4.78 is 0. The molecule has 30 heavy (non-hydrogen) atoms. The molecule has 0 amide bonds. The van der Waals surface area contributed by atoms with Crippen LogP contribution >= 0.6 is 0 Å². The van der Waals surface area contributed by atoms with Gasteiger partial charge in [-0.1, -0.05) is 61.5 Å². The van der Waals surface area contributed by atoms with Crippen molar-refractivity contribution < 1.29 is 14.7 Å². The first-order valence-corrected chi connectivity index (χ1v) is 10.3. The maximum absolute atomic E-state index is 12.7. The molecule has 0 aliphatic carbocycles. The number of nitrogens with zero attached hydrogens (tertiary/aromatic N) is 1. The van der Waals surface area contributed by atoms with E-state index >= 15 is 0 Å². The third kappa shape index (κ3) is 3.73. The van der Waals surface area contributed by atoms with Crippen LogP contribution < -0.4 is 4.90 Å². The molecule has 3 aromatic carbocycles. The summed E-state index contributed by atoms with van der Waals surface area (Å²) in [6.45, 7) is 4.77. The molecule has 0 fully saturated rings. The van der Waals surface area contributed by atoms with E-state index in [9.17, 15) is 14.7 Å². The van der Waals surface area contributed by atoms with Crippen LogP contribution in [0.5, 0.6) is 0 Å². The molecule has 0 saturated carbocycles. The predicted molar refractivity (Wildman–Crippen MR) is 119 cm³/mol. The van der Waals surface area contributed by atoms with Crippen molar-refractivity contribution in [1.82, 2.24) is 0 Å². The van der Waals surface area contributed by atoms with Gasteiger partial charge in [-0.15, -0.1) is 0 Å². The molecule has 0 aromatic heterocycles. The Balaban J connectivity index is 1.80. The van der Waals surface area contributed by atoms with Crippen LogP contribution in [0.3, 0.4) is 0 Å². The molecule has 1 aliphatic heterocycles. The lowest BCUT2D eigenvalue weighted by Crippen LogP contribution is -2.35. The van der Waals surface area contributed by atoms with Crippen LogP contribution in [0.25, 0.3) is 11.1 Å². The quantitative estimate of drug-likeness (QED) is 0.632. The Labute approximate surface area is 176 Å². The highest BCUT2D eigenvalue weighted by atomic mass is 16.4. The van der Waals surface area contributed by atoms with Gasteiger partial charge in [0.25, 0.3) is 0 Å². The highest BCUT2D eigenvalue weighted by Crippen LogP contribution is 2.36. The second kappa shape index (κ2) is 8.15. The van der Waals surface area contributed by atoms with Gasteiger partial charge in [-0.2, -0.15) is 0 Å². The summed E-state index contributed by atoms with van der Waals surface area (Å²) in [6, 6.07) is 21.9. The van der Waals surface area contributed by atoms with Gasteiger partial charge in [-0.3, -0.25) is 9.59 Å². The van der Waals surface area contributed by atoms with Crippen molar-refractivity contribution in [3.63, 3.8) is 0 Å². The average molecular weight is 399 g/mol. The fraction of sp³-hybridized carbons (Fsp3) is 0.231. The van der Waals surface area contributed by atoms with Gasteiger partial charge in [0.1, 0.15) is 0 Å². The van der Waals surface area contributed by atoms with Gasteiger partial charge < -0.3 is 10.0 Å². The third-order valence-corrected chi connectivity index (χ3v) is 5.92. The average Bonchev–Trinajstić information content (AvgIpc) is 2.78. The Bertz CT molecular complexity index is 1100. The van der Waals surface area contributed by atoms with E-state index in [1.165, 1.54) is 5.56 Å². The number of carboxylic acids is 1. The summed E-state index contributed by atoms with van der Waals surface area (Å²) in [5.41, 5.74) is 6.73. The Morgan fingerprint density at radius 1 is 1.00 bits per heavy atom. The minimum atomic E-state index is -0.850. The van der Waals surface area contributed by atoms with E-state index in [4.69, 9.17) is 0 Å². The van der Waals surface area contributed by atoms with Crippen LogP contribution in [0.4, 0.5) is 5.69 Å². The van der Waals surface area contributed by atoms with Gasteiger partial charge in [-0.25, -0.2) is 0 Å². The molecule has 4 nitrogen and oxygen atoms in total. The maximum Gasteiger partial charge on any atom is 0.310 e. The molecule has 0 bridgehead atoms. The molecule has 1 unspecified atom stereocenters. The summed E-state index contributed by atoms with van der Waals surface area (Å²) in [5, 5.41) is 9.47. The largest absolute Gasteiger partial charge is 0.481 e. The van der Waals surface area contributed by atoms with Gasteiger partial charge in [-0.05, 0) is 47.7 Å². The Morgan fingerprint density at radius 3 is 2.43 bits per heavy atom. The molecule has 152 valence electrons. The Hall–Kier alpha value is -3.40. The van der Waals surface area contributed by atoms with Crippen molar-refractivity contribution in [2.45, 2.75) is 32.7 Å². The zero-order valence-electron chi connectivity index (χ0n) is 17.3. The van der Waals surface area contributed by atoms with E-state index in [2.05, 4.69) is 36.1 Å². The fourth-order valence-electron chi connectivity index (χ4n) is 4.01. The van der Waals surface area contributed by atoms with E-state index in [-0.39, 0.29) is 5.78 Å². The second-order valence-electron chi connectivity index (χ2n) is 7.82. The molecule has 3 aromatic rings. The molecule has 0 spiro atoms. The molecule has 1 N–H and O–H groups in total. The Kier molecular flexibility index (Phi) is 5.40. The second-order valence-corrected chi connectivity index (χ2v) is 7.82. The number of hydrogen-bond donors (Lipinski definition) is 1. The van der Waals surface area contributed by atoms with Crippen LogP contribution in [-0.4, -0.2) is 23.4 Å². The molecule has 4 heteroatoms. The number of aliphatic carboxylic acids is 1. The lowest BCUT2D eigenvalue weighted by atomic mass is 9.92. The van der Waals surface area contributed by atoms with Gasteiger partial charge in [0.05, 0.1) is 12.5 Å². The van der Waals surface area contributed by atoms with Gasteiger partial charge in [0, 0.05) is 23.4 Å². The molecule has 0 saturated heterocycles. The minimum absolute atomic E-state index is 0.104. The number of hydrogen-bond acceptors (Lipinski definition) is 3. The van der Waals surface area contributed by atoms with Gasteiger partial charge >= 0.3 is 5.97 Å². The molecule has 1 aliphatic rings. The monoisotopic (exact) mass is 399 g/mol. The number of aryl methyl sites for hydroxylation is 1. The van der Waals surface area contributed by atoms with Gasteiger partial charge in [0.15, 0.2) is 5.78 Å². The zero-order chi connectivity index (χ0) is 21.3. The molecule has 1 heterocycles. The van der Waals surface area contributed by atoms with Crippen LogP contribution in [0.2, 0.25) is 0 Å². The molecule has 4 rings (SSSR count). The van der Waals surface area contributed by atoms with E-state index < -0.39 is 11.9 Å². The van der Waals surface area contributed by atoms with Crippen molar-refractivity contribution >= 4 is 17.4 Å². The number of anilines is 1. The highest BCUT2D eigenvalue weighted by Gasteiger charge is 2.25. The maximum atomic E-state index is 12.7. The summed E-state index contributed by atoms with van der Waals surface area (Å²) >= 11 is 0. The van der Waals surface area contributed by atoms with E-state index in [0.29, 0.717) is 13.1 Å². The number of ketones is 1. The number of rotatable bonds is 5. The number of carbonyl (C=O) groups is 2. The third-order valence-electron chi connectivity index (χ3n) is 5.92. The van der Waals surface area contributed by atoms with Crippen molar-refractivity contribution in [3.8, 4) is 11.1 Å².